The zero-order valence-corrected chi connectivity index (χ0v) is 23.3. The summed E-state index contributed by atoms with van der Waals surface area (Å²) in [7, 11) is 6.89. The molecule has 32 heavy (non-hydrogen) atoms. The minimum atomic E-state index is -0.559. The van der Waals surface area contributed by atoms with Crippen molar-refractivity contribution in [3.8, 4) is 5.88 Å². The van der Waals surface area contributed by atoms with Crippen LogP contribution in [-0.4, -0.2) is 37.2 Å². The molecule has 0 aromatic carbocycles. The van der Waals surface area contributed by atoms with Crippen LogP contribution in [0.25, 0.3) is 0 Å². The molecule has 3 nitrogen and oxygen atoms in total. The lowest BCUT2D eigenvalue weighted by molar-refractivity contribution is -0.870. The number of unbranched alkanes of at least 4 members (excludes halogenated alkanes) is 15. The fourth-order valence-corrected chi connectivity index (χ4v) is 4.05. The Morgan fingerprint density at radius 3 is 1.38 bits per heavy atom. The number of hydrogen-bond donors (Lipinski definition) is 0. The monoisotopic (exact) mass is 508 g/mol. The van der Waals surface area contributed by atoms with Gasteiger partial charge in [0, 0.05) is 5.88 Å². The van der Waals surface area contributed by atoms with E-state index in [1.54, 1.807) is 0 Å². The summed E-state index contributed by atoms with van der Waals surface area (Å²) < 4.78 is 1.12. The largest absolute Gasteiger partial charge is 0.858 e. The lowest BCUT2D eigenvalue weighted by atomic mass is 10.0. The van der Waals surface area contributed by atoms with Gasteiger partial charge in [-0.1, -0.05) is 132 Å². The Labute approximate surface area is 213 Å². The van der Waals surface area contributed by atoms with Crippen molar-refractivity contribution in [1.29, 1.82) is 0 Å². The van der Waals surface area contributed by atoms with Gasteiger partial charge in [0.05, 0.1) is 37.7 Å². The highest BCUT2D eigenvalue weighted by Crippen LogP contribution is 2.27. The molecule has 0 aliphatic heterocycles. The van der Waals surface area contributed by atoms with Crippen molar-refractivity contribution in [2.24, 2.45) is 0 Å². The van der Waals surface area contributed by atoms with Crippen LogP contribution in [0, 0.1) is 0 Å². The predicted octanol–water partition coefficient (Wildman–Crippen LogP) is 9.07. The first-order valence-corrected chi connectivity index (χ1v) is 13.8. The molecule has 0 radical (unpaired) electrons. The summed E-state index contributed by atoms with van der Waals surface area (Å²) in [6.45, 7) is 3.63. The van der Waals surface area contributed by atoms with Crippen molar-refractivity contribution < 1.29 is 9.59 Å². The van der Waals surface area contributed by atoms with Gasteiger partial charge in [0.15, 0.2) is 0 Å². The standard InChI is InChI=1S/C21H46N.C5H2Cl3NO/c1-5-6-7-8-9-10-11-12-13-14-15-16-17-18-19-20-21-22(2,3)4;6-2-1-3(7)5(10)9-4(2)8/h5-21H2,1-4H3;1H,(H,9,10)/q+1;/p-1. The maximum atomic E-state index is 10.6. The molecule has 0 saturated heterocycles. The van der Waals surface area contributed by atoms with Crippen LogP contribution in [0.3, 0.4) is 0 Å². The van der Waals surface area contributed by atoms with Crippen LogP contribution in [-0.2, 0) is 0 Å². The van der Waals surface area contributed by atoms with Crippen LogP contribution >= 0.6 is 34.8 Å². The van der Waals surface area contributed by atoms with Gasteiger partial charge in [-0.05, 0) is 18.9 Å². The highest BCUT2D eigenvalue weighted by molar-refractivity contribution is 6.42. The van der Waals surface area contributed by atoms with Crippen LogP contribution in [0.4, 0.5) is 0 Å². The molecule has 0 N–H and O–H groups in total. The Bertz CT molecular complexity index is 527. The fourth-order valence-electron chi connectivity index (χ4n) is 3.56. The topological polar surface area (TPSA) is 36.0 Å². The number of aromatic nitrogens is 1. The summed E-state index contributed by atoms with van der Waals surface area (Å²) in [6, 6.07) is 1.26. The van der Waals surface area contributed by atoms with Gasteiger partial charge in [-0.3, -0.25) is 0 Å². The van der Waals surface area contributed by atoms with Gasteiger partial charge in [0.25, 0.3) is 0 Å². The molecule has 0 amide bonds. The van der Waals surface area contributed by atoms with Gasteiger partial charge in [-0.15, -0.1) is 0 Å². The SMILES string of the molecule is CCCCCCCCCCCCCCCCCC[N+](C)(C)C.[O-]c1nc(Cl)c(Cl)cc1Cl. The molecule has 1 aromatic heterocycles. The van der Waals surface area contributed by atoms with E-state index in [-0.39, 0.29) is 15.2 Å². The Morgan fingerprint density at radius 2 is 1.03 bits per heavy atom. The van der Waals surface area contributed by atoms with Crippen molar-refractivity contribution in [2.45, 2.75) is 110 Å². The highest BCUT2D eigenvalue weighted by Gasteiger charge is 2.05. The van der Waals surface area contributed by atoms with Gasteiger partial charge in [0.2, 0.25) is 0 Å². The number of pyridine rings is 1. The number of halogens is 3. The molecule has 0 atom stereocenters. The number of rotatable bonds is 17. The van der Waals surface area contributed by atoms with E-state index in [1.165, 1.54) is 115 Å². The van der Waals surface area contributed by atoms with Gasteiger partial charge in [-0.2, -0.15) is 0 Å². The maximum Gasteiger partial charge on any atom is 0.146 e. The second-order valence-electron chi connectivity index (χ2n) is 9.87. The fraction of sp³-hybridized carbons (Fsp3) is 0.808. The Morgan fingerprint density at radius 1 is 0.656 bits per heavy atom. The lowest BCUT2D eigenvalue weighted by Crippen LogP contribution is -2.35. The third-order valence-corrected chi connectivity index (χ3v) is 6.48. The molecule has 0 bridgehead atoms. The smallest absolute Gasteiger partial charge is 0.146 e. The minimum absolute atomic E-state index is 0.0175. The number of hydrogen-bond acceptors (Lipinski definition) is 2. The number of quaternary nitrogens is 1. The lowest BCUT2D eigenvalue weighted by Gasteiger charge is -2.23. The minimum Gasteiger partial charge on any atom is -0.858 e. The first-order chi connectivity index (χ1) is 15.2. The molecule has 1 heterocycles. The second kappa shape index (κ2) is 20.2. The summed E-state index contributed by atoms with van der Waals surface area (Å²) in [5.41, 5.74) is 0. The third kappa shape index (κ3) is 20.4. The summed E-state index contributed by atoms with van der Waals surface area (Å²) in [5.74, 6) is -0.559. The van der Waals surface area contributed by atoms with E-state index in [0.717, 1.165) is 4.48 Å². The molecule has 0 aliphatic carbocycles. The van der Waals surface area contributed by atoms with Gasteiger partial charge >= 0.3 is 0 Å². The van der Waals surface area contributed by atoms with Crippen molar-refractivity contribution in [1.82, 2.24) is 4.98 Å². The van der Waals surface area contributed by atoms with Crippen molar-refractivity contribution in [3.63, 3.8) is 0 Å². The van der Waals surface area contributed by atoms with Gasteiger partial charge < -0.3 is 9.59 Å². The van der Waals surface area contributed by atoms with Gasteiger partial charge in [0.1, 0.15) is 5.15 Å². The highest BCUT2D eigenvalue weighted by atomic mass is 35.5. The average Bonchev–Trinajstić information content (AvgIpc) is 2.72. The summed E-state index contributed by atoms with van der Waals surface area (Å²) in [5, 5.41) is 10.8. The van der Waals surface area contributed by atoms with Crippen LogP contribution in [0.5, 0.6) is 5.88 Å². The quantitative estimate of drug-likeness (QED) is 0.119. The van der Waals surface area contributed by atoms with Crippen LogP contribution in [0.2, 0.25) is 15.2 Å². The molecule has 0 unspecified atom stereocenters. The predicted molar refractivity (Wildman–Crippen MR) is 141 cm³/mol. The zero-order chi connectivity index (χ0) is 24.2. The Kier molecular flexibility index (Phi) is 20.0. The molecule has 0 saturated carbocycles. The Hall–Kier alpha value is -0.220. The molecule has 1 aromatic rings. The van der Waals surface area contributed by atoms with E-state index in [0.29, 0.717) is 0 Å². The molecule has 0 spiro atoms. The summed E-state index contributed by atoms with van der Waals surface area (Å²) in [4.78, 5) is 3.32. The first-order valence-electron chi connectivity index (χ1n) is 12.7. The van der Waals surface area contributed by atoms with E-state index < -0.39 is 5.88 Å². The summed E-state index contributed by atoms with van der Waals surface area (Å²) in [6.07, 6.45) is 23.4. The molecule has 0 aliphatic rings. The molecule has 1 rings (SSSR count). The van der Waals surface area contributed by atoms with Gasteiger partial charge in [-0.25, -0.2) is 4.98 Å². The van der Waals surface area contributed by atoms with E-state index in [2.05, 4.69) is 33.1 Å². The third-order valence-electron chi connectivity index (χ3n) is 5.54. The maximum absolute atomic E-state index is 10.6. The number of nitrogens with zero attached hydrogens (tertiary/aromatic N) is 2. The van der Waals surface area contributed by atoms with Crippen molar-refractivity contribution >= 4 is 34.8 Å². The van der Waals surface area contributed by atoms with Crippen LogP contribution in [0.15, 0.2) is 6.07 Å². The van der Waals surface area contributed by atoms with Crippen molar-refractivity contribution in [3.05, 3.63) is 21.3 Å². The van der Waals surface area contributed by atoms with Crippen LogP contribution in [0.1, 0.15) is 110 Å². The molecule has 188 valence electrons. The second-order valence-corrected chi connectivity index (χ2v) is 11.0. The molecular weight excluding hydrogens is 463 g/mol. The molecular formula is C26H47Cl3N2O. The normalized spacial score (nSPS) is 11.3. The van der Waals surface area contributed by atoms with Crippen molar-refractivity contribution in [2.75, 3.05) is 27.7 Å². The van der Waals surface area contributed by atoms with E-state index in [1.807, 2.05) is 0 Å². The molecule has 0 fully saturated rings. The van der Waals surface area contributed by atoms with E-state index in [9.17, 15) is 5.11 Å². The molecule has 6 heteroatoms. The zero-order valence-electron chi connectivity index (χ0n) is 21.0. The van der Waals surface area contributed by atoms with E-state index in [4.69, 9.17) is 34.8 Å². The Balaban J connectivity index is 0.000000792. The summed E-state index contributed by atoms with van der Waals surface area (Å²) >= 11 is 16.2. The first kappa shape index (κ1) is 31.8. The average molecular weight is 510 g/mol. The van der Waals surface area contributed by atoms with E-state index >= 15 is 0 Å². The van der Waals surface area contributed by atoms with Crippen LogP contribution < -0.4 is 5.11 Å².